The van der Waals surface area contributed by atoms with E-state index in [1.54, 1.807) is 0 Å². The molecule has 2 aliphatic rings. The van der Waals surface area contributed by atoms with Gasteiger partial charge in [-0.05, 0) is 45.2 Å². The number of allylic oxidation sites excluding steroid dienone is 2. The molecule has 1 aromatic carbocycles. The molecule has 1 atom stereocenters. The maximum Gasteiger partial charge on any atom is 0.251 e. The number of fused-ring (bicyclic) bond motifs is 3. The Morgan fingerprint density at radius 1 is 1.32 bits per heavy atom. The lowest BCUT2D eigenvalue weighted by Gasteiger charge is -2.30. The van der Waals surface area contributed by atoms with Gasteiger partial charge >= 0.3 is 0 Å². The third-order valence-electron chi connectivity index (χ3n) is 5.57. The first kappa shape index (κ1) is 19.9. The standard InChI is InChI=1S/C22H25F2IN2O/c1-15-5-6-19-17(10-15)18-12-26(13-21(23)24)9-7-20(18)27(19)14-22(2,28)16-4-3-8-25-11-16/h3-6,8,10-11,21,28H,7,9,12-14H2,1-2H3. The molecule has 0 bridgehead atoms. The van der Waals surface area contributed by atoms with E-state index in [1.165, 1.54) is 5.69 Å². The van der Waals surface area contributed by atoms with Gasteiger partial charge in [0.15, 0.2) is 0 Å². The highest BCUT2D eigenvalue weighted by atomic mass is 127. The second-order valence-corrected chi connectivity index (χ2v) is 9.92. The minimum atomic E-state index is -2.32. The van der Waals surface area contributed by atoms with Crippen LogP contribution in [0.15, 0.2) is 40.0 Å². The van der Waals surface area contributed by atoms with Gasteiger partial charge < -0.3 is 9.67 Å². The number of alkyl halides is 2. The van der Waals surface area contributed by atoms with E-state index in [0.717, 1.165) is 34.0 Å². The van der Waals surface area contributed by atoms with E-state index in [-0.39, 0.29) is 27.3 Å². The van der Waals surface area contributed by atoms with E-state index in [0.29, 0.717) is 19.6 Å². The van der Waals surface area contributed by atoms with Crippen LogP contribution in [0.25, 0.3) is 10.9 Å². The SMILES string of the molecule is Cc1ccc2c(c1)c1c(n2CC(C)(O)C2=CC=CI=C2)CCN(CC(F)F)C1. The fourth-order valence-corrected chi connectivity index (χ4v) is 6.09. The second-order valence-electron chi connectivity index (χ2n) is 7.86. The van der Waals surface area contributed by atoms with E-state index in [1.807, 2.05) is 24.0 Å². The van der Waals surface area contributed by atoms with E-state index < -0.39 is 12.0 Å². The maximum absolute atomic E-state index is 12.9. The molecular formula is C22H25F2IN2O. The minimum absolute atomic E-state index is 0.142. The Morgan fingerprint density at radius 3 is 2.86 bits per heavy atom. The second kappa shape index (κ2) is 7.80. The van der Waals surface area contributed by atoms with E-state index >= 15 is 0 Å². The van der Waals surface area contributed by atoms with Gasteiger partial charge in [0.1, 0.15) is 5.60 Å². The van der Waals surface area contributed by atoms with Gasteiger partial charge in [-0.25, -0.2) is 8.78 Å². The molecule has 150 valence electrons. The lowest BCUT2D eigenvalue weighted by Crippen LogP contribution is -2.37. The first-order valence-corrected chi connectivity index (χ1v) is 12.0. The highest BCUT2D eigenvalue weighted by Gasteiger charge is 2.31. The number of nitrogens with zero attached hydrogens (tertiary/aromatic N) is 2. The van der Waals surface area contributed by atoms with Gasteiger partial charge in [0, 0.05) is 36.1 Å². The van der Waals surface area contributed by atoms with Crippen LogP contribution < -0.4 is 0 Å². The maximum atomic E-state index is 12.9. The number of aliphatic hydroxyl groups is 1. The summed E-state index contributed by atoms with van der Waals surface area (Å²) in [6.07, 6.45) is 2.44. The van der Waals surface area contributed by atoms with Crippen LogP contribution in [0, 0.1) is 6.92 Å². The predicted molar refractivity (Wildman–Crippen MR) is 120 cm³/mol. The van der Waals surface area contributed by atoms with Crippen LogP contribution in [-0.2, 0) is 19.5 Å². The number of aryl methyl sites for hydroxylation is 1. The van der Waals surface area contributed by atoms with Crippen molar-refractivity contribution in [3.63, 3.8) is 0 Å². The highest BCUT2D eigenvalue weighted by molar-refractivity contribution is 14.2. The molecule has 0 aliphatic carbocycles. The molecule has 1 unspecified atom stereocenters. The quantitative estimate of drug-likeness (QED) is 0.613. The van der Waals surface area contributed by atoms with Crippen molar-refractivity contribution in [3.8, 4) is 0 Å². The van der Waals surface area contributed by atoms with Gasteiger partial charge in [-0.2, -0.15) is 0 Å². The summed E-state index contributed by atoms with van der Waals surface area (Å²) in [5.41, 5.74) is 4.55. The zero-order valence-electron chi connectivity index (χ0n) is 16.1. The normalized spacial score (nSPS) is 19.4. The Labute approximate surface area is 174 Å². The van der Waals surface area contributed by atoms with Crippen molar-refractivity contribution in [2.24, 2.45) is 0 Å². The molecule has 3 nitrogen and oxygen atoms in total. The van der Waals surface area contributed by atoms with Crippen molar-refractivity contribution in [2.45, 2.75) is 45.4 Å². The molecule has 1 aromatic heterocycles. The first-order chi connectivity index (χ1) is 13.3. The Bertz CT molecular complexity index is 988. The fourth-order valence-electron chi connectivity index (χ4n) is 4.17. The fraction of sp³-hybridized carbons (Fsp3) is 0.409. The number of benzene rings is 1. The zero-order valence-corrected chi connectivity index (χ0v) is 18.3. The minimum Gasteiger partial charge on any atom is -0.384 e. The van der Waals surface area contributed by atoms with Gasteiger partial charge in [-0.1, -0.05) is 44.5 Å². The summed E-state index contributed by atoms with van der Waals surface area (Å²) in [5, 5.41) is 12.4. The molecule has 3 heterocycles. The van der Waals surface area contributed by atoms with Crippen LogP contribution >= 0.6 is 20.7 Å². The van der Waals surface area contributed by atoms with Crippen LogP contribution in [0.2, 0.25) is 0 Å². The van der Waals surface area contributed by atoms with Crippen LogP contribution in [0.3, 0.4) is 0 Å². The molecule has 0 saturated heterocycles. The summed E-state index contributed by atoms with van der Waals surface area (Å²) in [6.45, 7) is 5.37. The number of rotatable bonds is 5. The molecule has 0 saturated carbocycles. The number of hydrogen-bond donors (Lipinski definition) is 1. The predicted octanol–water partition coefficient (Wildman–Crippen LogP) is 4.55. The summed E-state index contributed by atoms with van der Waals surface area (Å²) in [6, 6.07) is 6.32. The first-order valence-electron chi connectivity index (χ1n) is 9.51. The molecule has 2 aromatic rings. The van der Waals surface area contributed by atoms with E-state index in [2.05, 4.69) is 37.8 Å². The van der Waals surface area contributed by atoms with Gasteiger partial charge in [0.25, 0.3) is 6.43 Å². The summed E-state index contributed by atoms with van der Waals surface area (Å²) in [5.74, 6) is 0. The molecule has 0 radical (unpaired) electrons. The summed E-state index contributed by atoms with van der Waals surface area (Å²) in [4.78, 5) is 1.84. The third-order valence-corrected chi connectivity index (χ3v) is 7.44. The Morgan fingerprint density at radius 2 is 2.14 bits per heavy atom. The van der Waals surface area contributed by atoms with Gasteiger partial charge in [-0.15, -0.1) is 0 Å². The molecule has 0 spiro atoms. The molecule has 2 aliphatic heterocycles. The number of halogens is 3. The highest BCUT2D eigenvalue weighted by Crippen LogP contribution is 2.34. The zero-order chi connectivity index (χ0) is 19.9. The van der Waals surface area contributed by atoms with Crippen molar-refractivity contribution < 1.29 is 13.9 Å². The molecule has 0 fully saturated rings. The van der Waals surface area contributed by atoms with E-state index in [9.17, 15) is 13.9 Å². The topological polar surface area (TPSA) is 28.4 Å². The molecule has 28 heavy (non-hydrogen) atoms. The lowest BCUT2D eigenvalue weighted by atomic mass is 9.96. The van der Waals surface area contributed by atoms with Crippen molar-refractivity contribution in [3.05, 3.63) is 56.8 Å². The summed E-state index contributed by atoms with van der Waals surface area (Å²) >= 11 is -0.142. The number of aromatic nitrogens is 1. The molecular weight excluding hydrogens is 473 g/mol. The Hall–Kier alpha value is -1.38. The van der Waals surface area contributed by atoms with Crippen molar-refractivity contribution in [1.29, 1.82) is 0 Å². The average Bonchev–Trinajstić information content (AvgIpc) is 2.94. The van der Waals surface area contributed by atoms with Gasteiger partial charge in [0.05, 0.1) is 13.1 Å². The van der Waals surface area contributed by atoms with Gasteiger partial charge in [-0.3, -0.25) is 4.90 Å². The third kappa shape index (κ3) is 3.86. The lowest BCUT2D eigenvalue weighted by molar-refractivity contribution is 0.0782. The average molecular weight is 498 g/mol. The van der Waals surface area contributed by atoms with Crippen LogP contribution in [0.1, 0.15) is 23.7 Å². The van der Waals surface area contributed by atoms with Crippen LogP contribution in [0.4, 0.5) is 8.78 Å². The monoisotopic (exact) mass is 498 g/mol. The molecule has 4 rings (SSSR count). The van der Waals surface area contributed by atoms with Crippen molar-refractivity contribution in [1.82, 2.24) is 9.47 Å². The molecule has 6 heteroatoms. The largest absolute Gasteiger partial charge is 0.384 e. The van der Waals surface area contributed by atoms with E-state index in [4.69, 9.17) is 0 Å². The summed E-state index contributed by atoms with van der Waals surface area (Å²) < 4.78 is 32.4. The van der Waals surface area contributed by atoms with Crippen LogP contribution in [0.5, 0.6) is 0 Å². The van der Waals surface area contributed by atoms with Crippen molar-refractivity contribution >= 4 is 35.6 Å². The smallest absolute Gasteiger partial charge is 0.251 e. The molecule has 1 N–H and O–H groups in total. The Balaban J connectivity index is 1.76. The van der Waals surface area contributed by atoms with Gasteiger partial charge in [0.2, 0.25) is 0 Å². The van der Waals surface area contributed by atoms with Crippen molar-refractivity contribution in [2.75, 3.05) is 13.1 Å². The number of hydrogen-bond acceptors (Lipinski definition) is 2. The Kier molecular flexibility index (Phi) is 5.55. The summed E-state index contributed by atoms with van der Waals surface area (Å²) in [7, 11) is 0. The molecule has 0 amide bonds. The van der Waals surface area contributed by atoms with Crippen LogP contribution in [-0.4, -0.2) is 43.7 Å².